The highest BCUT2D eigenvalue weighted by molar-refractivity contribution is 6.31. The molecular weight excluding hydrogens is 278 g/mol. The predicted octanol–water partition coefficient (Wildman–Crippen LogP) is 1.75. The molecule has 1 aliphatic heterocycles. The molecular formula is C14H18ClN3O2. The number of carbonyl (C=O) groups excluding carboxylic acids is 2. The fourth-order valence-electron chi connectivity index (χ4n) is 2.50. The van der Waals surface area contributed by atoms with Gasteiger partial charge in [-0.3, -0.25) is 14.6 Å². The van der Waals surface area contributed by atoms with Crippen LogP contribution in [-0.4, -0.2) is 33.8 Å². The average molecular weight is 296 g/mol. The Morgan fingerprint density at radius 2 is 2.10 bits per heavy atom. The molecule has 6 heteroatoms. The Bertz CT molecular complexity index is 529. The number of pyridine rings is 1. The maximum absolute atomic E-state index is 12.6. The van der Waals surface area contributed by atoms with Crippen LogP contribution in [-0.2, 0) is 16.1 Å². The second-order valence-electron chi connectivity index (χ2n) is 4.97. The molecule has 1 saturated heterocycles. The molecule has 0 bridgehead atoms. The van der Waals surface area contributed by atoms with Crippen molar-refractivity contribution in [2.45, 2.75) is 38.8 Å². The lowest BCUT2D eigenvalue weighted by Crippen LogP contribution is -2.65. The van der Waals surface area contributed by atoms with Crippen molar-refractivity contribution in [1.29, 1.82) is 0 Å². The van der Waals surface area contributed by atoms with Gasteiger partial charge in [0.05, 0.1) is 11.6 Å². The van der Waals surface area contributed by atoms with Crippen molar-refractivity contribution >= 4 is 23.4 Å². The van der Waals surface area contributed by atoms with Crippen molar-refractivity contribution in [3.05, 3.63) is 29.0 Å². The Kier molecular flexibility index (Phi) is 4.28. The van der Waals surface area contributed by atoms with Crippen LogP contribution >= 0.6 is 11.6 Å². The zero-order chi connectivity index (χ0) is 14.8. The minimum absolute atomic E-state index is 0.0463. The van der Waals surface area contributed by atoms with Crippen LogP contribution in [0.25, 0.3) is 0 Å². The van der Waals surface area contributed by atoms with Gasteiger partial charge in [0.2, 0.25) is 11.8 Å². The zero-order valence-electron chi connectivity index (χ0n) is 11.6. The quantitative estimate of drug-likeness (QED) is 0.920. The van der Waals surface area contributed by atoms with Gasteiger partial charge in [0.15, 0.2) is 0 Å². The molecule has 0 aromatic carbocycles. The van der Waals surface area contributed by atoms with Gasteiger partial charge < -0.3 is 10.2 Å². The van der Waals surface area contributed by atoms with E-state index in [1.54, 1.807) is 17.2 Å². The Labute approximate surface area is 123 Å². The van der Waals surface area contributed by atoms with Crippen LogP contribution in [0.3, 0.4) is 0 Å². The highest BCUT2D eigenvalue weighted by Gasteiger charge is 2.43. The SMILES string of the molecule is CCC1(CC)NC(=O)CN(Cc2ccncc2Cl)C1=O. The molecule has 0 radical (unpaired) electrons. The van der Waals surface area contributed by atoms with Crippen molar-refractivity contribution in [2.24, 2.45) is 0 Å². The summed E-state index contributed by atoms with van der Waals surface area (Å²) in [6, 6.07) is 1.77. The second-order valence-corrected chi connectivity index (χ2v) is 5.37. The largest absolute Gasteiger partial charge is 0.340 e. The van der Waals surface area contributed by atoms with Crippen LogP contribution < -0.4 is 5.32 Å². The van der Waals surface area contributed by atoms with Gasteiger partial charge in [-0.15, -0.1) is 0 Å². The van der Waals surface area contributed by atoms with Gasteiger partial charge in [0.25, 0.3) is 0 Å². The third-order valence-electron chi connectivity index (χ3n) is 3.83. The Balaban J connectivity index is 2.25. The van der Waals surface area contributed by atoms with E-state index in [-0.39, 0.29) is 18.4 Å². The maximum Gasteiger partial charge on any atom is 0.249 e. The molecule has 0 unspecified atom stereocenters. The van der Waals surface area contributed by atoms with Crippen molar-refractivity contribution in [3.8, 4) is 0 Å². The molecule has 108 valence electrons. The monoisotopic (exact) mass is 295 g/mol. The van der Waals surface area contributed by atoms with Gasteiger partial charge in [-0.2, -0.15) is 0 Å². The molecule has 1 aromatic rings. The van der Waals surface area contributed by atoms with Crippen molar-refractivity contribution in [2.75, 3.05) is 6.54 Å². The topological polar surface area (TPSA) is 62.3 Å². The summed E-state index contributed by atoms with van der Waals surface area (Å²) in [6.07, 6.45) is 4.32. The first-order valence-corrected chi connectivity index (χ1v) is 7.09. The van der Waals surface area contributed by atoms with Crippen LogP contribution in [0.2, 0.25) is 5.02 Å². The van der Waals surface area contributed by atoms with E-state index in [4.69, 9.17) is 11.6 Å². The maximum atomic E-state index is 12.6. The molecule has 0 saturated carbocycles. The summed E-state index contributed by atoms with van der Waals surface area (Å²) < 4.78 is 0. The number of nitrogens with one attached hydrogen (secondary N) is 1. The second kappa shape index (κ2) is 5.79. The Hall–Kier alpha value is -1.62. The lowest BCUT2D eigenvalue weighted by molar-refractivity contribution is -0.151. The van der Waals surface area contributed by atoms with E-state index in [0.717, 1.165) is 5.56 Å². The number of piperazine rings is 1. The van der Waals surface area contributed by atoms with E-state index in [9.17, 15) is 9.59 Å². The molecule has 0 aliphatic carbocycles. The van der Waals surface area contributed by atoms with E-state index in [1.165, 1.54) is 6.20 Å². The molecule has 1 fully saturated rings. The van der Waals surface area contributed by atoms with Crippen molar-refractivity contribution < 1.29 is 9.59 Å². The molecule has 1 aliphatic rings. The number of hydrogen-bond acceptors (Lipinski definition) is 3. The molecule has 2 rings (SSSR count). The van der Waals surface area contributed by atoms with Gasteiger partial charge >= 0.3 is 0 Å². The van der Waals surface area contributed by atoms with E-state index < -0.39 is 5.54 Å². The average Bonchev–Trinajstić information content (AvgIpc) is 2.45. The van der Waals surface area contributed by atoms with Crippen LogP contribution in [0.4, 0.5) is 0 Å². The van der Waals surface area contributed by atoms with E-state index in [0.29, 0.717) is 24.4 Å². The van der Waals surface area contributed by atoms with Crippen LogP contribution in [0.1, 0.15) is 32.3 Å². The van der Waals surface area contributed by atoms with Gasteiger partial charge in [0, 0.05) is 18.9 Å². The summed E-state index contributed by atoms with van der Waals surface area (Å²) in [6.45, 7) is 4.21. The highest BCUT2D eigenvalue weighted by atomic mass is 35.5. The van der Waals surface area contributed by atoms with Gasteiger partial charge in [-0.1, -0.05) is 25.4 Å². The minimum atomic E-state index is -0.783. The van der Waals surface area contributed by atoms with Crippen LogP contribution in [0.5, 0.6) is 0 Å². The fraction of sp³-hybridized carbons (Fsp3) is 0.500. The van der Waals surface area contributed by atoms with Gasteiger partial charge in [0.1, 0.15) is 5.54 Å². The normalized spacial score (nSPS) is 18.1. The summed E-state index contributed by atoms with van der Waals surface area (Å²) >= 11 is 6.07. The number of aromatic nitrogens is 1. The number of hydrogen-bond donors (Lipinski definition) is 1. The summed E-state index contributed by atoms with van der Waals surface area (Å²) in [5.41, 5.74) is 0.0142. The number of halogens is 1. The lowest BCUT2D eigenvalue weighted by atomic mass is 9.89. The number of carbonyl (C=O) groups is 2. The van der Waals surface area contributed by atoms with E-state index >= 15 is 0 Å². The molecule has 0 atom stereocenters. The number of rotatable bonds is 4. The Morgan fingerprint density at radius 1 is 1.40 bits per heavy atom. The predicted molar refractivity (Wildman–Crippen MR) is 76.1 cm³/mol. The summed E-state index contributed by atoms with van der Waals surface area (Å²) in [5.74, 6) is -0.173. The van der Waals surface area contributed by atoms with Crippen LogP contribution in [0.15, 0.2) is 18.5 Å². The standard InChI is InChI=1S/C14H18ClN3O2/c1-3-14(4-2)13(20)18(9-12(19)17-14)8-10-5-6-16-7-11(10)15/h5-7H,3-4,8-9H2,1-2H3,(H,17,19). The van der Waals surface area contributed by atoms with Gasteiger partial charge in [-0.05, 0) is 24.5 Å². The number of nitrogens with zero attached hydrogens (tertiary/aromatic N) is 2. The molecule has 2 heterocycles. The van der Waals surface area contributed by atoms with Crippen molar-refractivity contribution in [3.63, 3.8) is 0 Å². The van der Waals surface area contributed by atoms with Crippen molar-refractivity contribution in [1.82, 2.24) is 15.2 Å². The first-order valence-electron chi connectivity index (χ1n) is 6.71. The van der Waals surface area contributed by atoms with Crippen LogP contribution in [0, 0.1) is 0 Å². The Morgan fingerprint density at radius 3 is 2.70 bits per heavy atom. The lowest BCUT2D eigenvalue weighted by Gasteiger charge is -2.41. The minimum Gasteiger partial charge on any atom is -0.340 e. The zero-order valence-corrected chi connectivity index (χ0v) is 12.4. The smallest absolute Gasteiger partial charge is 0.249 e. The summed E-state index contributed by atoms with van der Waals surface area (Å²) in [5, 5.41) is 3.34. The number of amides is 2. The molecule has 5 nitrogen and oxygen atoms in total. The third-order valence-corrected chi connectivity index (χ3v) is 4.17. The molecule has 1 aromatic heterocycles. The molecule has 0 spiro atoms. The summed E-state index contributed by atoms with van der Waals surface area (Å²) in [4.78, 5) is 30.0. The fourth-order valence-corrected chi connectivity index (χ4v) is 2.68. The first-order chi connectivity index (χ1) is 9.52. The van der Waals surface area contributed by atoms with E-state index in [1.807, 2.05) is 13.8 Å². The molecule has 20 heavy (non-hydrogen) atoms. The molecule has 1 N–H and O–H groups in total. The third kappa shape index (κ3) is 2.63. The van der Waals surface area contributed by atoms with E-state index in [2.05, 4.69) is 10.3 Å². The molecule has 2 amide bonds. The first kappa shape index (κ1) is 14.8. The summed E-state index contributed by atoms with van der Waals surface area (Å²) in [7, 11) is 0. The highest BCUT2D eigenvalue weighted by Crippen LogP contribution is 2.24. The van der Waals surface area contributed by atoms with Gasteiger partial charge in [-0.25, -0.2) is 0 Å².